The van der Waals surface area contributed by atoms with Crippen molar-refractivity contribution >= 4 is 11.8 Å². The van der Waals surface area contributed by atoms with Gasteiger partial charge in [0.05, 0.1) is 5.69 Å². The van der Waals surface area contributed by atoms with Crippen molar-refractivity contribution in [3.8, 4) is 11.3 Å². The van der Waals surface area contributed by atoms with Crippen LogP contribution in [0.15, 0.2) is 24.3 Å². The van der Waals surface area contributed by atoms with Gasteiger partial charge in [0.2, 0.25) is 5.95 Å². The van der Waals surface area contributed by atoms with E-state index in [2.05, 4.69) is 44.5 Å². The van der Waals surface area contributed by atoms with Crippen molar-refractivity contribution in [2.75, 3.05) is 30.8 Å². The van der Waals surface area contributed by atoms with Gasteiger partial charge in [-0.05, 0) is 31.9 Å². The Kier molecular flexibility index (Phi) is 3.22. The number of aromatic nitrogens is 2. The van der Waals surface area contributed by atoms with Crippen LogP contribution in [-0.4, -0.2) is 36.1 Å². The lowest BCUT2D eigenvalue weighted by atomic mass is 10.0. The van der Waals surface area contributed by atoms with Gasteiger partial charge in [-0.3, -0.25) is 0 Å². The smallest absolute Gasteiger partial charge is 0.222 e. The zero-order valence-electron chi connectivity index (χ0n) is 12.8. The molecule has 0 bridgehead atoms. The Bertz CT molecular complexity index is 706. The Hall–Kier alpha value is -2.14. The number of rotatable bonds is 2. The first-order valence-electron chi connectivity index (χ1n) is 7.93. The molecule has 1 aliphatic heterocycles. The second-order valence-corrected chi connectivity index (χ2v) is 6.13. The van der Waals surface area contributed by atoms with Crippen molar-refractivity contribution in [2.24, 2.45) is 0 Å². The molecule has 1 aromatic heterocycles. The van der Waals surface area contributed by atoms with Crippen molar-refractivity contribution in [3.05, 3.63) is 35.4 Å². The van der Waals surface area contributed by atoms with Crippen LogP contribution in [0.1, 0.15) is 17.5 Å². The Balaban J connectivity index is 1.82. The second-order valence-electron chi connectivity index (χ2n) is 6.13. The summed E-state index contributed by atoms with van der Waals surface area (Å²) in [6.07, 6.45) is 3.24. The van der Waals surface area contributed by atoms with Gasteiger partial charge in [0.15, 0.2) is 0 Å². The SMILES string of the molecule is CNC1CN(c2nc(N)nc3c2CCCc2ccccc2-3)C1. The quantitative estimate of drug-likeness (QED) is 0.881. The minimum Gasteiger partial charge on any atom is -0.368 e. The molecule has 2 heterocycles. The molecular weight excluding hydrogens is 274 g/mol. The maximum Gasteiger partial charge on any atom is 0.222 e. The van der Waals surface area contributed by atoms with Gasteiger partial charge in [0.1, 0.15) is 5.82 Å². The van der Waals surface area contributed by atoms with Crippen molar-refractivity contribution < 1.29 is 0 Å². The maximum atomic E-state index is 6.01. The number of nitrogens with two attached hydrogens (primary N) is 1. The number of nitrogens with zero attached hydrogens (tertiary/aromatic N) is 3. The molecule has 1 saturated heterocycles. The van der Waals surface area contributed by atoms with Gasteiger partial charge in [-0.2, -0.15) is 4.98 Å². The van der Waals surface area contributed by atoms with Crippen LogP contribution in [0.4, 0.5) is 11.8 Å². The number of likely N-dealkylation sites (N-methyl/N-ethyl adjacent to an activating group) is 1. The Morgan fingerprint density at radius 2 is 2.00 bits per heavy atom. The van der Waals surface area contributed by atoms with Crippen LogP contribution in [0.3, 0.4) is 0 Å². The van der Waals surface area contributed by atoms with Crippen LogP contribution in [0.2, 0.25) is 0 Å². The molecule has 2 aliphatic rings. The Morgan fingerprint density at radius 1 is 1.18 bits per heavy atom. The molecule has 3 N–H and O–H groups in total. The van der Waals surface area contributed by atoms with E-state index < -0.39 is 0 Å². The molecule has 0 spiro atoms. The monoisotopic (exact) mass is 295 g/mol. The Morgan fingerprint density at radius 3 is 2.82 bits per heavy atom. The molecule has 2 aromatic rings. The second kappa shape index (κ2) is 5.25. The highest BCUT2D eigenvalue weighted by Gasteiger charge is 2.30. The lowest BCUT2D eigenvalue weighted by Crippen LogP contribution is -2.57. The third-order valence-electron chi connectivity index (χ3n) is 4.74. The summed E-state index contributed by atoms with van der Waals surface area (Å²) in [4.78, 5) is 11.4. The fourth-order valence-corrected chi connectivity index (χ4v) is 3.46. The number of benzene rings is 1. The predicted molar refractivity (Wildman–Crippen MR) is 89.0 cm³/mol. The van der Waals surface area contributed by atoms with Gasteiger partial charge in [0.25, 0.3) is 0 Å². The predicted octanol–water partition coefficient (Wildman–Crippen LogP) is 1.62. The molecular formula is C17H21N5. The number of nitrogens with one attached hydrogen (secondary N) is 1. The van der Waals surface area contributed by atoms with Crippen molar-refractivity contribution in [2.45, 2.75) is 25.3 Å². The molecule has 0 unspecified atom stereocenters. The summed E-state index contributed by atoms with van der Waals surface area (Å²) in [5.41, 5.74) is 10.9. The molecule has 1 fully saturated rings. The summed E-state index contributed by atoms with van der Waals surface area (Å²) in [6.45, 7) is 1.97. The van der Waals surface area contributed by atoms with Gasteiger partial charge in [-0.1, -0.05) is 24.3 Å². The standard InChI is InChI=1S/C17H21N5/c1-19-12-9-22(10-12)16-14-8-4-6-11-5-2-3-7-13(11)15(14)20-17(18)21-16/h2-3,5,7,12,19H,4,6,8-10H2,1H3,(H2,18,20,21). The molecule has 0 radical (unpaired) electrons. The van der Waals surface area contributed by atoms with Crippen LogP contribution >= 0.6 is 0 Å². The minimum absolute atomic E-state index is 0.373. The van der Waals surface area contributed by atoms with Crippen LogP contribution in [0, 0.1) is 0 Å². The van der Waals surface area contributed by atoms with Gasteiger partial charge in [0, 0.05) is 30.3 Å². The van der Waals surface area contributed by atoms with Gasteiger partial charge < -0.3 is 16.0 Å². The molecule has 1 aliphatic carbocycles. The molecule has 4 rings (SSSR count). The number of anilines is 2. The largest absolute Gasteiger partial charge is 0.368 e. The summed E-state index contributed by atoms with van der Waals surface area (Å²) < 4.78 is 0. The van der Waals surface area contributed by atoms with Crippen LogP contribution in [0.5, 0.6) is 0 Å². The molecule has 114 valence electrons. The van der Waals surface area contributed by atoms with Crippen LogP contribution < -0.4 is 16.0 Å². The molecule has 0 atom stereocenters. The fourth-order valence-electron chi connectivity index (χ4n) is 3.46. The first-order chi connectivity index (χ1) is 10.8. The van der Waals surface area contributed by atoms with E-state index in [-0.39, 0.29) is 0 Å². The van der Waals surface area contributed by atoms with Crippen molar-refractivity contribution in [1.82, 2.24) is 15.3 Å². The van der Waals surface area contributed by atoms with Gasteiger partial charge in [-0.15, -0.1) is 0 Å². The first kappa shape index (κ1) is 13.5. The summed E-state index contributed by atoms with van der Waals surface area (Å²) in [5.74, 6) is 1.41. The van der Waals surface area contributed by atoms with E-state index in [0.717, 1.165) is 43.9 Å². The third kappa shape index (κ3) is 2.13. The summed E-state index contributed by atoms with van der Waals surface area (Å²) in [7, 11) is 2.01. The highest BCUT2D eigenvalue weighted by Crippen LogP contribution is 2.36. The maximum absolute atomic E-state index is 6.01. The van der Waals surface area contributed by atoms with E-state index in [1.54, 1.807) is 0 Å². The van der Waals surface area contributed by atoms with E-state index in [1.807, 2.05) is 7.05 Å². The lowest BCUT2D eigenvalue weighted by Gasteiger charge is -2.41. The minimum atomic E-state index is 0.373. The van der Waals surface area contributed by atoms with Crippen molar-refractivity contribution in [1.29, 1.82) is 0 Å². The fraction of sp³-hybridized carbons (Fsp3) is 0.412. The zero-order valence-corrected chi connectivity index (χ0v) is 12.8. The molecule has 0 amide bonds. The molecule has 0 saturated carbocycles. The lowest BCUT2D eigenvalue weighted by molar-refractivity contribution is 0.446. The molecule has 5 nitrogen and oxygen atoms in total. The zero-order chi connectivity index (χ0) is 15.1. The Labute approximate surface area is 130 Å². The summed E-state index contributed by atoms with van der Waals surface area (Å²) in [6, 6.07) is 9.07. The van der Waals surface area contributed by atoms with E-state index in [9.17, 15) is 0 Å². The van der Waals surface area contributed by atoms with E-state index >= 15 is 0 Å². The number of fused-ring (bicyclic) bond motifs is 3. The van der Waals surface area contributed by atoms with E-state index in [0.29, 0.717) is 12.0 Å². The highest BCUT2D eigenvalue weighted by molar-refractivity contribution is 5.74. The van der Waals surface area contributed by atoms with Crippen LogP contribution in [-0.2, 0) is 12.8 Å². The van der Waals surface area contributed by atoms with E-state index in [4.69, 9.17) is 5.73 Å². The van der Waals surface area contributed by atoms with E-state index in [1.165, 1.54) is 16.7 Å². The number of aryl methyl sites for hydroxylation is 1. The summed E-state index contributed by atoms with van der Waals surface area (Å²) >= 11 is 0. The van der Waals surface area contributed by atoms with Crippen LogP contribution in [0.25, 0.3) is 11.3 Å². The number of nitrogen functional groups attached to an aromatic ring is 1. The molecule has 5 heteroatoms. The van der Waals surface area contributed by atoms with Gasteiger partial charge >= 0.3 is 0 Å². The highest BCUT2D eigenvalue weighted by atomic mass is 15.3. The topological polar surface area (TPSA) is 67.1 Å². The average molecular weight is 295 g/mol. The molecule has 22 heavy (non-hydrogen) atoms. The number of hydrogen-bond acceptors (Lipinski definition) is 5. The number of hydrogen-bond donors (Lipinski definition) is 2. The summed E-state index contributed by atoms with van der Waals surface area (Å²) in [5, 5.41) is 3.31. The normalized spacial score (nSPS) is 17.4. The molecule has 1 aromatic carbocycles. The van der Waals surface area contributed by atoms with Crippen molar-refractivity contribution in [3.63, 3.8) is 0 Å². The third-order valence-corrected chi connectivity index (χ3v) is 4.74. The first-order valence-corrected chi connectivity index (χ1v) is 7.93. The average Bonchev–Trinajstić information content (AvgIpc) is 2.66. The van der Waals surface area contributed by atoms with Gasteiger partial charge in [-0.25, -0.2) is 4.98 Å².